The second kappa shape index (κ2) is 8.21. The number of hydrogen-bond acceptors (Lipinski definition) is 3. The van der Waals surface area contributed by atoms with E-state index in [1.54, 1.807) is 0 Å². The summed E-state index contributed by atoms with van der Waals surface area (Å²) in [4.78, 5) is 0. The van der Waals surface area contributed by atoms with E-state index in [9.17, 15) is 0 Å². The van der Waals surface area contributed by atoms with Crippen LogP contribution in [0.25, 0.3) is 0 Å². The standard InChI is InChI=1S/C11H23NO2/c12-7-3-1-2-4-8-14-11-5-9-13-10-6-11/h11H,1-10,12H2. The summed E-state index contributed by atoms with van der Waals surface area (Å²) in [5, 5.41) is 0. The minimum absolute atomic E-state index is 0.457. The highest BCUT2D eigenvalue weighted by molar-refractivity contribution is 4.62. The first kappa shape index (κ1) is 12.0. The SMILES string of the molecule is NCCCCCCOC1CCOCC1. The molecular formula is C11H23NO2. The van der Waals surface area contributed by atoms with Crippen molar-refractivity contribution in [1.82, 2.24) is 0 Å². The first-order valence-electron chi connectivity index (χ1n) is 5.83. The second-order valence-corrected chi connectivity index (χ2v) is 3.89. The van der Waals surface area contributed by atoms with Crippen LogP contribution in [0.15, 0.2) is 0 Å². The van der Waals surface area contributed by atoms with E-state index in [4.69, 9.17) is 15.2 Å². The Kier molecular flexibility index (Phi) is 7.01. The van der Waals surface area contributed by atoms with E-state index in [0.717, 1.165) is 45.6 Å². The Bertz CT molecular complexity index is 124. The number of nitrogens with two attached hydrogens (primary N) is 1. The van der Waals surface area contributed by atoms with Gasteiger partial charge >= 0.3 is 0 Å². The lowest BCUT2D eigenvalue weighted by Gasteiger charge is -2.22. The van der Waals surface area contributed by atoms with Gasteiger partial charge in [0.1, 0.15) is 0 Å². The van der Waals surface area contributed by atoms with E-state index in [0.29, 0.717) is 6.10 Å². The molecule has 3 heteroatoms. The predicted molar refractivity (Wildman–Crippen MR) is 57.3 cm³/mol. The van der Waals surface area contributed by atoms with Gasteiger partial charge in [0.05, 0.1) is 6.10 Å². The molecule has 1 aliphatic rings. The van der Waals surface area contributed by atoms with Crippen molar-refractivity contribution in [2.24, 2.45) is 5.73 Å². The molecule has 1 fully saturated rings. The van der Waals surface area contributed by atoms with Crippen LogP contribution >= 0.6 is 0 Å². The average molecular weight is 201 g/mol. The Balaban J connectivity index is 1.82. The van der Waals surface area contributed by atoms with Gasteiger partial charge in [-0.05, 0) is 32.2 Å². The highest BCUT2D eigenvalue weighted by Crippen LogP contribution is 2.11. The lowest BCUT2D eigenvalue weighted by atomic mass is 10.1. The molecule has 0 radical (unpaired) electrons. The second-order valence-electron chi connectivity index (χ2n) is 3.89. The van der Waals surface area contributed by atoms with Crippen molar-refractivity contribution in [3.05, 3.63) is 0 Å². The molecule has 14 heavy (non-hydrogen) atoms. The Labute approximate surface area is 86.9 Å². The zero-order valence-corrected chi connectivity index (χ0v) is 9.04. The van der Waals surface area contributed by atoms with Crippen LogP contribution < -0.4 is 5.73 Å². The highest BCUT2D eigenvalue weighted by Gasteiger charge is 2.13. The fourth-order valence-corrected chi connectivity index (χ4v) is 1.69. The van der Waals surface area contributed by atoms with Crippen molar-refractivity contribution in [2.75, 3.05) is 26.4 Å². The normalized spacial score (nSPS) is 18.6. The van der Waals surface area contributed by atoms with E-state index in [1.807, 2.05) is 0 Å². The largest absolute Gasteiger partial charge is 0.381 e. The van der Waals surface area contributed by atoms with Gasteiger partial charge in [-0.3, -0.25) is 0 Å². The molecule has 0 aromatic carbocycles. The maximum absolute atomic E-state index is 5.75. The van der Waals surface area contributed by atoms with Crippen molar-refractivity contribution >= 4 is 0 Å². The monoisotopic (exact) mass is 201 g/mol. The van der Waals surface area contributed by atoms with E-state index in [-0.39, 0.29) is 0 Å². The van der Waals surface area contributed by atoms with Crippen LogP contribution in [0.1, 0.15) is 38.5 Å². The molecule has 0 aliphatic carbocycles. The van der Waals surface area contributed by atoms with Crippen molar-refractivity contribution < 1.29 is 9.47 Å². The molecule has 0 spiro atoms. The van der Waals surface area contributed by atoms with Gasteiger partial charge in [-0.1, -0.05) is 12.8 Å². The molecule has 1 heterocycles. The third-order valence-electron chi connectivity index (χ3n) is 2.62. The van der Waals surface area contributed by atoms with E-state index < -0.39 is 0 Å². The molecule has 0 aromatic rings. The number of ether oxygens (including phenoxy) is 2. The fourth-order valence-electron chi connectivity index (χ4n) is 1.69. The topological polar surface area (TPSA) is 44.5 Å². The molecular weight excluding hydrogens is 178 g/mol. The quantitative estimate of drug-likeness (QED) is 0.638. The molecule has 2 N–H and O–H groups in total. The zero-order valence-electron chi connectivity index (χ0n) is 9.04. The number of rotatable bonds is 7. The summed E-state index contributed by atoms with van der Waals surface area (Å²) >= 11 is 0. The predicted octanol–water partition coefficient (Wildman–Crippen LogP) is 1.70. The maximum atomic E-state index is 5.75. The van der Waals surface area contributed by atoms with Crippen LogP contribution in [0.2, 0.25) is 0 Å². The number of hydrogen-bond donors (Lipinski definition) is 1. The van der Waals surface area contributed by atoms with Crippen molar-refractivity contribution in [3.63, 3.8) is 0 Å². The van der Waals surface area contributed by atoms with Gasteiger partial charge in [-0.2, -0.15) is 0 Å². The zero-order chi connectivity index (χ0) is 10.1. The smallest absolute Gasteiger partial charge is 0.0619 e. The Morgan fingerprint density at radius 2 is 1.79 bits per heavy atom. The van der Waals surface area contributed by atoms with Crippen molar-refractivity contribution in [3.8, 4) is 0 Å². The van der Waals surface area contributed by atoms with Crippen LogP contribution in [0.4, 0.5) is 0 Å². The van der Waals surface area contributed by atoms with Gasteiger partial charge in [0.2, 0.25) is 0 Å². The summed E-state index contributed by atoms with van der Waals surface area (Å²) in [5.41, 5.74) is 5.42. The molecule has 3 nitrogen and oxygen atoms in total. The summed E-state index contributed by atoms with van der Waals surface area (Å²) in [6, 6.07) is 0. The Morgan fingerprint density at radius 3 is 2.50 bits per heavy atom. The van der Waals surface area contributed by atoms with Gasteiger partial charge < -0.3 is 15.2 Å². The Morgan fingerprint density at radius 1 is 1.07 bits per heavy atom. The van der Waals surface area contributed by atoms with Gasteiger partial charge in [-0.25, -0.2) is 0 Å². The van der Waals surface area contributed by atoms with E-state index in [1.165, 1.54) is 19.3 Å². The summed E-state index contributed by atoms with van der Waals surface area (Å²) in [7, 11) is 0. The van der Waals surface area contributed by atoms with Crippen LogP contribution in [0, 0.1) is 0 Å². The molecule has 1 saturated heterocycles. The van der Waals surface area contributed by atoms with Gasteiger partial charge in [0, 0.05) is 19.8 Å². The lowest BCUT2D eigenvalue weighted by Crippen LogP contribution is -2.23. The molecule has 84 valence electrons. The number of unbranched alkanes of at least 4 members (excludes halogenated alkanes) is 3. The summed E-state index contributed by atoms with van der Waals surface area (Å²) in [5.74, 6) is 0. The molecule has 0 saturated carbocycles. The van der Waals surface area contributed by atoms with Gasteiger partial charge in [-0.15, -0.1) is 0 Å². The first-order chi connectivity index (χ1) is 6.93. The highest BCUT2D eigenvalue weighted by atomic mass is 16.5. The van der Waals surface area contributed by atoms with Crippen LogP contribution in [0.3, 0.4) is 0 Å². The molecule has 0 bridgehead atoms. The maximum Gasteiger partial charge on any atom is 0.0619 e. The van der Waals surface area contributed by atoms with Crippen molar-refractivity contribution in [2.45, 2.75) is 44.6 Å². The summed E-state index contributed by atoms with van der Waals surface area (Å²) in [6.45, 7) is 3.48. The molecule has 1 rings (SSSR count). The molecule has 0 unspecified atom stereocenters. The van der Waals surface area contributed by atoms with Gasteiger partial charge in [0.25, 0.3) is 0 Å². The fraction of sp³-hybridized carbons (Fsp3) is 1.00. The third kappa shape index (κ3) is 5.58. The van der Waals surface area contributed by atoms with Gasteiger partial charge in [0.15, 0.2) is 0 Å². The van der Waals surface area contributed by atoms with Crippen molar-refractivity contribution in [1.29, 1.82) is 0 Å². The third-order valence-corrected chi connectivity index (χ3v) is 2.62. The summed E-state index contributed by atoms with van der Waals surface area (Å²) < 4.78 is 11.0. The summed E-state index contributed by atoms with van der Waals surface area (Å²) in [6.07, 6.45) is 7.42. The first-order valence-corrected chi connectivity index (χ1v) is 5.83. The van der Waals surface area contributed by atoms with Crippen LogP contribution in [-0.2, 0) is 9.47 Å². The lowest BCUT2D eigenvalue weighted by molar-refractivity contribution is -0.0327. The molecule has 0 amide bonds. The molecule has 0 atom stereocenters. The van der Waals surface area contributed by atoms with E-state index >= 15 is 0 Å². The molecule has 0 aromatic heterocycles. The minimum Gasteiger partial charge on any atom is -0.381 e. The molecule has 1 aliphatic heterocycles. The average Bonchev–Trinajstić information content (AvgIpc) is 2.25. The Hall–Kier alpha value is -0.120. The minimum atomic E-state index is 0.457. The van der Waals surface area contributed by atoms with E-state index in [2.05, 4.69) is 0 Å². The van der Waals surface area contributed by atoms with Crippen LogP contribution in [-0.4, -0.2) is 32.5 Å². The van der Waals surface area contributed by atoms with Crippen LogP contribution in [0.5, 0.6) is 0 Å².